The van der Waals surface area contributed by atoms with E-state index >= 15 is 0 Å². The van der Waals surface area contributed by atoms with Crippen LogP contribution in [0.3, 0.4) is 0 Å². The molecule has 1 aliphatic heterocycles. The maximum atomic E-state index is 6.44. The topological polar surface area (TPSA) is 67.7 Å². The quantitative estimate of drug-likeness (QED) is 0.437. The summed E-state index contributed by atoms with van der Waals surface area (Å²) in [5.74, 6) is 1.98. The molecule has 3 aromatic heterocycles. The number of fused-ring (bicyclic) bond motifs is 2. The molecule has 0 unspecified atom stereocenters. The number of aromatic nitrogens is 4. The van der Waals surface area contributed by atoms with E-state index < -0.39 is 0 Å². The van der Waals surface area contributed by atoms with Crippen LogP contribution in [0.1, 0.15) is 52.0 Å². The van der Waals surface area contributed by atoms with E-state index in [1.54, 1.807) is 18.0 Å². The van der Waals surface area contributed by atoms with Crippen LogP contribution in [-0.2, 0) is 0 Å². The van der Waals surface area contributed by atoms with E-state index in [9.17, 15) is 0 Å². The lowest BCUT2D eigenvalue weighted by molar-refractivity contribution is 0.0844. The molecule has 1 saturated heterocycles. The van der Waals surface area contributed by atoms with E-state index in [1.807, 2.05) is 12.3 Å². The lowest BCUT2D eigenvalue weighted by Crippen LogP contribution is -2.41. The van der Waals surface area contributed by atoms with Gasteiger partial charge in [-0.25, -0.2) is 9.50 Å². The molecule has 5 rings (SSSR count). The molecular formula is C26H33N5O2. The Balaban J connectivity index is 1.50. The Hall–Kier alpha value is -3.06. The highest BCUT2D eigenvalue weighted by atomic mass is 16.5. The van der Waals surface area contributed by atoms with E-state index in [4.69, 9.17) is 9.47 Å². The van der Waals surface area contributed by atoms with E-state index in [0.29, 0.717) is 23.4 Å². The standard InChI is InChI=1S/C26H33N5O2/c1-16(2)24-21-13-20(33-19-8-10-30(11-9-19)17(3)4)6-7-22(21)29-25(24)18-12-23(32-5)26-27-15-28-31(26)14-18/h6-7,12-17,19,29H,8-11H2,1-5H3. The van der Waals surface area contributed by atoms with Crippen LogP contribution in [0.4, 0.5) is 0 Å². The van der Waals surface area contributed by atoms with Gasteiger partial charge in [0.05, 0.1) is 12.8 Å². The van der Waals surface area contributed by atoms with Crippen molar-refractivity contribution in [3.63, 3.8) is 0 Å². The van der Waals surface area contributed by atoms with Crippen LogP contribution < -0.4 is 9.47 Å². The summed E-state index contributed by atoms with van der Waals surface area (Å²) in [4.78, 5) is 10.5. The highest BCUT2D eigenvalue weighted by Crippen LogP contribution is 2.38. The highest BCUT2D eigenvalue weighted by Gasteiger charge is 2.23. The Morgan fingerprint density at radius 3 is 2.58 bits per heavy atom. The van der Waals surface area contributed by atoms with Crippen LogP contribution >= 0.6 is 0 Å². The lowest BCUT2D eigenvalue weighted by Gasteiger charge is -2.34. The molecular weight excluding hydrogens is 414 g/mol. The fraction of sp³-hybridized carbons (Fsp3) is 0.462. The van der Waals surface area contributed by atoms with Gasteiger partial charge in [0.2, 0.25) is 0 Å². The minimum absolute atomic E-state index is 0.275. The van der Waals surface area contributed by atoms with Crippen LogP contribution in [0, 0.1) is 0 Å². The van der Waals surface area contributed by atoms with Gasteiger partial charge in [-0.15, -0.1) is 0 Å². The number of rotatable bonds is 6. The van der Waals surface area contributed by atoms with Crippen molar-refractivity contribution < 1.29 is 9.47 Å². The van der Waals surface area contributed by atoms with E-state index in [0.717, 1.165) is 48.5 Å². The SMILES string of the molecule is COc1cc(-c2[nH]c3ccc(OC4CCN(C(C)C)CC4)cc3c2C(C)C)cn2ncnc12. The molecule has 0 spiro atoms. The van der Waals surface area contributed by atoms with Crippen molar-refractivity contribution in [3.8, 4) is 22.8 Å². The molecule has 0 aliphatic carbocycles. The predicted octanol–water partition coefficient (Wildman–Crippen LogP) is 5.26. The van der Waals surface area contributed by atoms with E-state index in [2.05, 4.69) is 65.9 Å². The highest BCUT2D eigenvalue weighted by molar-refractivity contribution is 5.92. The second-order valence-corrected chi connectivity index (χ2v) is 9.55. The molecule has 33 heavy (non-hydrogen) atoms. The number of benzene rings is 1. The Morgan fingerprint density at radius 2 is 1.88 bits per heavy atom. The molecule has 7 nitrogen and oxygen atoms in total. The van der Waals surface area contributed by atoms with Crippen molar-refractivity contribution in [1.29, 1.82) is 0 Å². The maximum absolute atomic E-state index is 6.44. The van der Waals surface area contributed by atoms with Crippen molar-refractivity contribution >= 4 is 16.6 Å². The molecule has 1 fully saturated rings. The monoisotopic (exact) mass is 447 g/mol. The normalized spacial score (nSPS) is 15.8. The van der Waals surface area contributed by atoms with Gasteiger partial charge < -0.3 is 19.4 Å². The zero-order chi connectivity index (χ0) is 23.1. The zero-order valence-corrected chi connectivity index (χ0v) is 20.1. The molecule has 1 N–H and O–H groups in total. The molecule has 1 aliphatic rings. The number of ether oxygens (including phenoxy) is 2. The number of nitrogens with zero attached hydrogens (tertiary/aromatic N) is 4. The number of pyridine rings is 1. The first-order chi connectivity index (χ1) is 15.9. The Morgan fingerprint density at radius 1 is 1.09 bits per heavy atom. The fourth-order valence-electron chi connectivity index (χ4n) is 4.98. The van der Waals surface area contributed by atoms with Gasteiger partial charge in [0.25, 0.3) is 0 Å². The zero-order valence-electron chi connectivity index (χ0n) is 20.1. The van der Waals surface area contributed by atoms with Crippen LogP contribution in [-0.4, -0.2) is 56.8 Å². The molecule has 7 heteroatoms. The third-order valence-electron chi connectivity index (χ3n) is 6.75. The second kappa shape index (κ2) is 8.71. The molecule has 0 radical (unpaired) electrons. The lowest BCUT2D eigenvalue weighted by atomic mass is 9.96. The molecule has 174 valence electrons. The van der Waals surface area contributed by atoms with E-state index in [1.165, 1.54) is 10.9 Å². The number of piperidine rings is 1. The van der Waals surface area contributed by atoms with Crippen molar-refractivity contribution in [3.05, 3.63) is 42.4 Å². The number of hydrogen-bond acceptors (Lipinski definition) is 5. The fourth-order valence-corrected chi connectivity index (χ4v) is 4.98. The summed E-state index contributed by atoms with van der Waals surface area (Å²) >= 11 is 0. The summed E-state index contributed by atoms with van der Waals surface area (Å²) in [7, 11) is 1.66. The summed E-state index contributed by atoms with van der Waals surface area (Å²) in [6.07, 6.45) is 5.97. The number of hydrogen-bond donors (Lipinski definition) is 1. The molecule has 0 amide bonds. The van der Waals surface area contributed by atoms with Gasteiger partial charge in [0.1, 0.15) is 18.2 Å². The molecule has 4 aromatic rings. The summed E-state index contributed by atoms with van der Waals surface area (Å²) in [5, 5.41) is 5.53. The van der Waals surface area contributed by atoms with Gasteiger partial charge in [-0.2, -0.15) is 5.10 Å². The smallest absolute Gasteiger partial charge is 0.197 e. The summed E-state index contributed by atoms with van der Waals surface area (Å²) in [6.45, 7) is 11.2. The van der Waals surface area contributed by atoms with Crippen LogP contribution in [0.25, 0.3) is 27.8 Å². The minimum Gasteiger partial charge on any atom is -0.493 e. The summed E-state index contributed by atoms with van der Waals surface area (Å²) in [5.41, 5.74) is 5.19. The molecule has 0 bridgehead atoms. The van der Waals surface area contributed by atoms with Crippen molar-refractivity contribution in [2.45, 2.75) is 58.6 Å². The molecule has 0 atom stereocenters. The average molecular weight is 448 g/mol. The van der Waals surface area contributed by atoms with Gasteiger partial charge in [-0.3, -0.25) is 0 Å². The Labute approximate surface area is 194 Å². The first-order valence-corrected chi connectivity index (χ1v) is 11.9. The maximum Gasteiger partial charge on any atom is 0.197 e. The minimum atomic E-state index is 0.275. The summed E-state index contributed by atoms with van der Waals surface area (Å²) < 4.78 is 13.8. The van der Waals surface area contributed by atoms with Gasteiger partial charge in [-0.05, 0) is 62.4 Å². The Bertz CT molecular complexity index is 1260. The third-order valence-corrected chi connectivity index (χ3v) is 6.75. The first-order valence-electron chi connectivity index (χ1n) is 11.9. The van der Waals surface area contributed by atoms with Crippen molar-refractivity contribution in [1.82, 2.24) is 24.5 Å². The number of nitrogens with one attached hydrogen (secondary N) is 1. The number of H-pyrrole nitrogens is 1. The number of methoxy groups -OCH3 is 1. The van der Waals surface area contributed by atoms with Gasteiger partial charge in [-0.1, -0.05) is 13.8 Å². The Kier molecular flexibility index (Phi) is 5.74. The van der Waals surface area contributed by atoms with Crippen molar-refractivity contribution in [2.75, 3.05) is 20.2 Å². The van der Waals surface area contributed by atoms with Gasteiger partial charge >= 0.3 is 0 Å². The molecule has 0 saturated carbocycles. The third kappa shape index (κ3) is 4.06. The largest absolute Gasteiger partial charge is 0.493 e. The molecule has 1 aromatic carbocycles. The second-order valence-electron chi connectivity index (χ2n) is 9.55. The first kappa shape index (κ1) is 21.8. The summed E-state index contributed by atoms with van der Waals surface area (Å²) in [6, 6.07) is 9.05. The van der Waals surface area contributed by atoms with Crippen LogP contribution in [0.15, 0.2) is 36.8 Å². The van der Waals surface area contributed by atoms with Crippen LogP contribution in [0.2, 0.25) is 0 Å². The number of aromatic amines is 1. The van der Waals surface area contributed by atoms with Gasteiger partial charge in [0.15, 0.2) is 11.4 Å². The van der Waals surface area contributed by atoms with E-state index in [-0.39, 0.29) is 6.10 Å². The predicted molar refractivity (Wildman–Crippen MR) is 131 cm³/mol. The number of likely N-dealkylation sites (tertiary alicyclic amines) is 1. The average Bonchev–Trinajstić information content (AvgIpc) is 3.43. The molecule has 4 heterocycles. The van der Waals surface area contributed by atoms with Crippen molar-refractivity contribution in [2.24, 2.45) is 0 Å². The van der Waals surface area contributed by atoms with Gasteiger partial charge in [0, 0.05) is 41.8 Å². The van der Waals surface area contributed by atoms with Crippen LogP contribution in [0.5, 0.6) is 11.5 Å².